The molecule has 2 aliphatic heterocycles. The molecule has 2 aliphatic rings. The highest BCUT2D eigenvalue weighted by atomic mass is 32.1. The summed E-state index contributed by atoms with van der Waals surface area (Å²) in [5.74, 6) is 0.562. The minimum absolute atomic E-state index is 0.0225. The summed E-state index contributed by atoms with van der Waals surface area (Å²) in [6.45, 7) is 10.9. The van der Waals surface area contributed by atoms with E-state index in [-0.39, 0.29) is 11.9 Å². The van der Waals surface area contributed by atoms with Gasteiger partial charge in [0.1, 0.15) is 4.88 Å². The molecule has 0 saturated carbocycles. The highest BCUT2D eigenvalue weighted by molar-refractivity contribution is 7.13. The Bertz CT molecular complexity index is 558. The number of ether oxygens (including phenoxy) is 1. The maximum atomic E-state index is 12.4. The molecule has 0 aromatic carbocycles. The van der Waals surface area contributed by atoms with Gasteiger partial charge in [-0.05, 0) is 26.2 Å². The Kier molecular flexibility index (Phi) is 4.52. The van der Waals surface area contributed by atoms with Gasteiger partial charge in [0, 0.05) is 25.2 Å². The largest absolute Gasteiger partial charge is 0.375 e. The van der Waals surface area contributed by atoms with E-state index in [9.17, 15) is 4.79 Å². The number of morpholine rings is 1. The van der Waals surface area contributed by atoms with E-state index in [1.165, 1.54) is 11.3 Å². The lowest BCUT2D eigenvalue weighted by Gasteiger charge is -2.36. The normalized spacial score (nSPS) is 28.9. The van der Waals surface area contributed by atoms with Gasteiger partial charge in [0.15, 0.2) is 0 Å². The minimum Gasteiger partial charge on any atom is -0.375 e. The van der Waals surface area contributed by atoms with Crippen molar-refractivity contribution >= 4 is 17.2 Å². The predicted molar refractivity (Wildman–Crippen MR) is 87.4 cm³/mol. The fourth-order valence-electron chi connectivity index (χ4n) is 3.40. The fraction of sp³-hybridized carbons (Fsp3) is 0.750. The quantitative estimate of drug-likeness (QED) is 0.924. The van der Waals surface area contributed by atoms with E-state index in [0.717, 1.165) is 41.7 Å². The highest BCUT2D eigenvalue weighted by Crippen LogP contribution is 2.26. The summed E-state index contributed by atoms with van der Waals surface area (Å²) in [5.41, 5.74) is 0.832. The number of hydrogen-bond acceptors (Lipinski definition) is 5. The maximum Gasteiger partial charge on any atom is 0.263 e. The van der Waals surface area contributed by atoms with Gasteiger partial charge in [0.25, 0.3) is 5.91 Å². The van der Waals surface area contributed by atoms with Crippen molar-refractivity contribution in [2.75, 3.05) is 19.7 Å². The third-order valence-electron chi connectivity index (χ3n) is 4.63. The van der Waals surface area contributed by atoms with Gasteiger partial charge in [-0.3, -0.25) is 9.69 Å². The van der Waals surface area contributed by atoms with E-state index in [1.807, 2.05) is 13.8 Å². The van der Waals surface area contributed by atoms with Crippen LogP contribution in [0.2, 0.25) is 0 Å². The van der Waals surface area contributed by atoms with Crippen LogP contribution in [0.1, 0.15) is 40.6 Å². The van der Waals surface area contributed by atoms with Crippen molar-refractivity contribution in [3.8, 4) is 0 Å². The molecular formula is C16H25N3O2S. The van der Waals surface area contributed by atoms with E-state index in [1.54, 1.807) is 0 Å². The van der Waals surface area contributed by atoms with Crippen LogP contribution in [0.25, 0.3) is 0 Å². The molecule has 3 heterocycles. The topological polar surface area (TPSA) is 54.5 Å². The molecule has 0 bridgehead atoms. The summed E-state index contributed by atoms with van der Waals surface area (Å²) in [4.78, 5) is 20.0. The fourth-order valence-corrected chi connectivity index (χ4v) is 4.22. The van der Waals surface area contributed by atoms with Gasteiger partial charge in [-0.25, -0.2) is 4.98 Å². The molecule has 0 aliphatic carbocycles. The zero-order valence-electron chi connectivity index (χ0n) is 13.8. The van der Waals surface area contributed by atoms with Gasteiger partial charge in [-0.15, -0.1) is 11.3 Å². The number of carbonyl (C=O) groups excluding carboxylic acids is 1. The van der Waals surface area contributed by atoms with Crippen LogP contribution >= 0.6 is 11.3 Å². The molecule has 0 radical (unpaired) electrons. The average molecular weight is 323 g/mol. The Morgan fingerprint density at radius 1 is 1.41 bits per heavy atom. The van der Waals surface area contributed by atoms with E-state index < -0.39 is 0 Å². The van der Waals surface area contributed by atoms with Crippen LogP contribution in [-0.4, -0.2) is 53.7 Å². The van der Waals surface area contributed by atoms with Crippen molar-refractivity contribution < 1.29 is 9.53 Å². The van der Waals surface area contributed by atoms with Gasteiger partial charge >= 0.3 is 0 Å². The first kappa shape index (κ1) is 15.9. The number of hydrogen-bond donors (Lipinski definition) is 1. The molecule has 5 nitrogen and oxygen atoms in total. The molecule has 2 saturated heterocycles. The maximum absolute atomic E-state index is 12.4. The highest BCUT2D eigenvalue weighted by Gasteiger charge is 2.38. The molecule has 122 valence electrons. The van der Waals surface area contributed by atoms with Crippen LogP contribution in [0.15, 0.2) is 0 Å². The van der Waals surface area contributed by atoms with E-state index in [0.29, 0.717) is 18.1 Å². The van der Waals surface area contributed by atoms with Crippen molar-refractivity contribution in [1.82, 2.24) is 15.2 Å². The lowest BCUT2D eigenvalue weighted by Crippen LogP contribution is -2.48. The van der Waals surface area contributed by atoms with Crippen molar-refractivity contribution in [3.63, 3.8) is 0 Å². The number of carbonyl (C=O) groups is 1. The first-order valence-corrected chi connectivity index (χ1v) is 8.86. The number of thiazole rings is 1. The number of aryl methyl sites for hydroxylation is 2. The summed E-state index contributed by atoms with van der Waals surface area (Å²) in [6.07, 6.45) is 1.30. The van der Waals surface area contributed by atoms with Crippen LogP contribution in [0.5, 0.6) is 0 Å². The van der Waals surface area contributed by atoms with Crippen molar-refractivity contribution in [2.24, 2.45) is 5.92 Å². The molecule has 3 rings (SSSR count). The van der Waals surface area contributed by atoms with Gasteiger partial charge in [0.2, 0.25) is 0 Å². The molecule has 1 N–H and O–H groups in total. The van der Waals surface area contributed by atoms with Gasteiger partial charge in [0.05, 0.1) is 23.4 Å². The smallest absolute Gasteiger partial charge is 0.263 e. The predicted octanol–water partition coefficient (Wildman–Crippen LogP) is 1.99. The molecule has 3 atom stereocenters. The SMILES string of the molecule is Cc1nc(C)c(C(=O)N[C@@H]2C[C@H]3CO[C@H](C(C)C)CN3C2)s1. The van der Waals surface area contributed by atoms with Crippen LogP contribution in [0.4, 0.5) is 0 Å². The first-order valence-electron chi connectivity index (χ1n) is 8.04. The van der Waals surface area contributed by atoms with Crippen LogP contribution in [-0.2, 0) is 4.74 Å². The summed E-state index contributed by atoms with van der Waals surface area (Å²) in [7, 11) is 0. The summed E-state index contributed by atoms with van der Waals surface area (Å²) < 4.78 is 5.95. The summed E-state index contributed by atoms with van der Waals surface area (Å²) >= 11 is 1.47. The van der Waals surface area contributed by atoms with Crippen LogP contribution in [0.3, 0.4) is 0 Å². The minimum atomic E-state index is 0.0225. The molecule has 1 aromatic heterocycles. The first-order chi connectivity index (χ1) is 10.4. The third kappa shape index (κ3) is 3.19. The average Bonchev–Trinajstić information content (AvgIpc) is 2.99. The summed E-state index contributed by atoms with van der Waals surface area (Å²) in [5, 5.41) is 4.13. The van der Waals surface area contributed by atoms with Gasteiger partial charge in [-0.2, -0.15) is 0 Å². The molecular weight excluding hydrogens is 298 g/mol. The van der Waals surface area contributed by atoms with E-state index in [2.05, 4.69) is 29.0 Å². The lowest BCUT2D eigenvalue weighted by atomic mass is 10.0. The monoisotopic (exact) mass is 323 g/mol. The van der Waals surface area contributed by atoms with Gasteiger partial charge in [-0.1, -0.05) is 13.8 Å². The third-order valence-corrected chi connectivity index (χ3v) is 5.71. The Morgan fingerprint density at radius 2 is 2.18 bits per heavy atom. The number of amides is 1. The van der Waals surface area contributed by atoms with E-state index in [4.69, 9.17) is 4.74 Å². The number of nitrogens with zero attached hydrogens (tertiary/aromatic N) is 2. The molecule has 0 spiro atoms. The Hall–Kier alpha value is -0.980. The Labute approximate surface area is 136 Å². The molecule has 2 fully saturated rings. The molecule has 1 amide bonds. The van der Waals surface area contributed by atoms with Crippen LogP contribution in [0, 0.1) is 19.8 Å². The Balaban J connectivity index is 1.59. The summed E-state index contributed by atoms with van der Waals surface area (Å²) in [6, 6.07) is 0.665. The standard InChI is InChI=1S/C16H25N3O2S/c1-9(2)14-7-19-6-12(5-13(19)8-21-14)18-16(20)15-10(3)17-11(4)22-15/h9,12-14H,5-8H2,1-4H3,(H,18,20)/t12-,13+,14+/m1/s1. The van der Waals surface area contributed by atoms with Crippen molar-refractivity contribution in [2.45, 2.75) is 52.3 Å². The second-order valence-electron chi connectivity index (χ2n) is 6.78. The second-order valence-corrected chi connectivity index (χ2v) is 7.98. The number of rotatable bonds is 3. The Morgan fingerprint density at radius 3 is 2.82 bits per heavy atom. The number of aromatic nitrogens is 1. The number of fused-ring (bicyclic) bond motifs is 1. The second kappa shape index (κ2) is 6.26. The lowest BCUT2D eigenvalue weighted by molar-refractivity contribution is -0.0683. The molecule has 1 aromatic rings. The van der Waals surface area contributed by atoms with Crippen LogP contribution < -0.4 is 5.32 Å². The van der Waals surface area contributed by atoms with Gasteiger partial charge < -0.3 is 10.1 Å². The zero-order valence-corrected chi connectivity index (χ0v) is 14.6. The van der Waals surface area contributed by atoms with Crippen molar-refractivity contribution in [3.05, 3.63) is 15.6 Å². The molecule has 6 heteroatoms. The molecule has 0 unspecified atom stereocenters. The van der Waals surface area contributed by atoms with E-state index >= 15 is 0 Å². The number of nitrogens with one attached hydrogen (secondary N) is 1. The molecule has 22 heavy (non-hydrogen) atoms. The van der Waals surface area contributed by atoms with Crippen molar-refractivity contribution in [1.29, 1.82) is 0 Å². The zero-order chi connectivity index (χ0) is 15.9.